The average Bonchev–Trinajstić information content (AvgIpc) is 3.08. The summed E-state index contributed by atoms with van der Waals surface area (Å²) >= 11 is 11.9. The zero-order valence-electron chi connectivity index (χ0n) is 16.5. The number of aromatic nitrogens is 4. The fourth-order valence-corrected chi connectivity index (χ4v) is 3.62. The number of aryl methyl sites for hydroxylation is 2. The first-order valence-electron chi connectivity index (χ1n) is 9.40. The summed E-state index contributed by atoms with van der Waals surface area (Å²) in [6, 6.07) is 14.7. The fraction of sp³-hybridized carbons (Fsp3) is 0.182. The molecule has 0 unspecified atom stereocenters. The summed E-state index contributed by atoms with van der Waals surface area (Å²) in [5, 5.41) is 8.57. The number of nitrogens with zero attached hydrogens (tertiary/aromatic N) is 4. The summed E-state index contributed by atoms with van der Waals surface area (Å²) in [4.78, 5) is 21.4. The smallest absolute Gasteiger partial charge is 0.252 e. The van der Waals surface area contributed by atoms with Crippen LogP contribution in [-0.4, -0.2) is 25.5 Å². The van der Waals surface area contributed by atoms with Gasteiger partial charge in [-0.1, -0.05) is 41.4 Å². The normalized spacial score (nSPS) is 11.1. The van der Waals surface area contributed by atoms with Gasteiger partial charge in [0, 0.05) is 33.5 Å². The molecular weight excluding hydrogens is 421 g/mol. The summed E-state index contributed by atoms with van der Waals surface area (Å²) < 4.78 is 1.69. The van der Waals surface area contributed by atoms with Crippen molar-refractivity contribution in [3.05, 3.63) is 86.9 Å². The number of anilines is 1. The number of carbonyl (C=O) groups is 1. The van der Waals surface area contributed by atoms with Gasteiger partial charge >= 0.3 is 0 Å². The average molecular weight is 440 g/mol. The van der Waals surface area contributed by atoms with E-state index in [2.05, 4.69) is 20.4 Å². The van der Waals surface area contributed by atoms with Gasteiger partial charge in [-0.15, -0.1) is 5.10 Å². The van der Waals surface area contributed by atoms with Crippen LogP contribution in [-0.2, 0) is 17.6 Å². The van der Waals surface area contributed by atoms with Crippen molar-refractivity contribution in [3.8, 4) is 0 Å². The van der Waals surface area contributed by atoms with Crippen LogP contribution >= 0.6 is 23.2 Å². The van der Waals surface area contributed by atoms with E-state index in [1.54, 1.807) is 28.8 Å². The molecule has 6 nitrogen and oxygen atoms in total. The number of rotatable bonds is 5. The molecule has 0 aliphatic heterocycles. The van der Waals surface area contributed by atoms with E-state index in [0.29, 0.717) is 33.8 Å². The first kappa shape index (κ1) is 20.3. The molecular formula is C22H19Cl2N5O. The van der Waals surface area contributed by atoms with Gasteiger partial charge in [-0.25, -0.2) is 9.50 Å². The monoisotopic (exact) mass is 439 g/mol. The number of hydrogen-bond acceptors (Lipinski definition) is 4. The molecule has 0 bridgehead atoms. The van der Waals surface area contributed by atoms with Crippen LogP contribution in [0.2, 0.25) is 10.0 Å². The van der Waals surface area contributed by atoms with E-state index in [4.69, 9.17) is 23.2 Å². The Bertz CT molecular complexity index is 1230. The summed E-state index contributed by atoms with van der Waals surface area (Å²) in [5.41, 5.74) is 4.67. The second kappa shape index (κ2) is 8.42. The molecule has 1 N–H and O–H groups in total. The van der Waals surface area contributed by atoms with E-state index in [1.807, 2.05) is 38.1 Å². The van der Waals surface area contributed by atoms with E-state index in [-0.39, 0.29) is 12.3 Å². The Morgan fingerprint density at radius 2 is 1.80 bits per heavy atom. The van der Waals surface area contributed by atoms with Crippen LogP contribution in [0.1, 0.15) is 28.3 Å². The molecule has 2 aromatic carbocycles. The number of carbonyl (C=O) groups excluding carboxylic acids is 1. The molecule has 0 atom stereocenters. The standard InChI is InChI=1S/C22H19Cl2N5O/c1-13-19(10-15-6-8-16(23)9-7-15)14(2)29-22(25-13)27-20(28-29)12-21(30)26-18-5-3-4-17(24)11-18/h3-9,11H,10,12H2,1-2H3,(H,26,30). The minimum absolute atomic E-state index is 0.0425. The quantitative estimate of drug-likeness (QED) is 0.483. The molecule has 30 heavy (non-hydrogen) atoms. The van der Waals surface area contributed by atoms with Crippen molar-refractivity contribution in [1.82, 2.24) is 19.6 Å². The molecule has 0 radical (unpaired) electrons. The van der Waals surface area contributed by atoms with Gasteiger partial charge in [0.1, 0.15) is 0 Å². The molecule has 0 aliphatic carbocycles. The van der Waals surface area contributed by atoms with Crippen LogP contribution < -0.4 is 5.32 Å². The molecule has 4 rings (SSSR count). The van der Waals surface area contributed by atoms with Gasteiger partial charge < -0.3 is 5.32 Å². The fourth-order valence-electron chi connectivity index (χ4n) is 3.30. The van der Waals surface area contributed by atoms with E-state index in [0.717, 1.165) is 22.5 Å². The SMILES string of the molecule is Cc1nc2nc(CC(=O)Nc3cccc(Cl)c3)nn2c(C)c1Cc1ccc(Cl)cc1. The summed E-state index contributed by atoms with van der Waals surface area (Å²) in [6.07, 6.45) is 0.753. The summed E-state index contributed by atoms with van der Waals surface area (Å²) in [7, 11) is 0. The van der Waals surface area contributed by atoms with Crippen LogP contribution in [0.25, 0.3) is 5.78 Å². The molecule has 0 aliphatic rings. The van der Waals surface area contributed by atoms with Gasteiger partial charge in [0.2, 0.25) is 5.91 Å². The van der Waals surface area contributed by atoms with Crippen molar-refractivity contribution in [2.75, 3.05) is 5.32 Å². The number of benzene rings is 2. The zero-order chi connectivity index (χ0) is 21.3. The van der Waals surface area contributed by atoms with Crippen LogP contribution in [0.5, 0.6) is 0 Å². The van der Waals surface area contributed by atoms with Crippen molar-refractivity contribution in [2.45, 2.75) is 26.7 Å². The Morgan fingerprint density at radius 1 is 1.03 bits per heavy atom. The second-order valence-electron chi connectivity index (χ2n) is 7.04. The molecule has 0 spiro atoms. The Hall–Kier alpha value is -2.96. The van der Waals surface area contributed by atoms with Crippen LogP contribution in [0.4, 0.5) is 5.69 Å². The topological polar surface area (TPSA) is 72.2 Å². The van der Waals surface area contributed by atoms with Gasteiger partial charge in [0.15, 0.2) is 5.82 Å². The lowest BCUT2D eigenvalue weighted by Gasteiger charge is -2.10. The van der Waals surface area contributed by atoms with Crippen molar-refractivity contribution < 1.29 is 4.79 Å². The van der Waals surface area contributed by atoms with Gasteiger partial charge in [-0.3, -0.25) is 4.79 Å². The Balaban J connectivity index is 1.57. The largest absolute Gasteiger partial charge is 0.326 e. The van der Waals surface area contributed by atoms with Gasteiger partial charge in [-0.2, -0.15) is 4.98 Å². The van der Waals surface area contributed by atoms with E-state index in [1.165, 1.54) is 0 Å². The Morgan fingerprint density at radius 3 is 2.53 bits per heavy atom. The van der Waals surface area contributed by atoms with Crippen LogP contribution in [0.15, 0.2) is 48.5 Å². The molecule has 0 fully saturated rings. The van der Waals surface area contributed by atoms with Gasteiger partial charge in [0.25, 0.3) is 5.78 Å². The molecule has 2 aromatic heterocycles. The maximum absolute atomic E-state index is 12.4. The predicted octanol–water partition coefficient (Wildman–Crippen LogP) is 4.82. The first-order valence-corrected chi connectivity index (χ1v) is 10.2. The zero-order valence-corrected chi connectivity index (χ0v) is 18.0. The van der Waals surface area contributed by atoms with Crippen molar-refractivity contribution in [3.63, 3.8) is 0 Å². The maximum atomic E-state index is 12.4. The molecule has 152 valence electrons. The number of halogens is 2. The molecule has 8 heteroatoms. The van der Waals surface area contributed by atoms with Crippen molar-refractivity contribution in [2.24, 2.45) is 0 Å². The van der Waals surface area contributed by atoms with Crippen LogP contribution in [0, 0.1) is 13.8 Å². The number of nitrogens with one attached hydrogen (secondary N) is 1. The van der Waals surface area contributed by atoms with Gasteiger partial charge in [0.05, 0.1) is 6.42 Å². The minimum Gasteiger partial charge on any atom is -0.326 e. The van der Waals surface area contributed by atoms with E-state index < -0.39 is 0 Å². The first-order chi connectivity index (χ1) is 14.4. The molecule has 4 aromatic rings. The predicted molar refractivity (Wildman–Crippen MR) is 118 cm³/mol. The lowest BCUT2D eigenvalue weighted by atomic mass is 10.0. The Labute approximate surface area is 183 Å². The van der Waals surface area contributed by atoms with Crippen molar-refractivity contribution >= 4 is 40.6 Å². The lowest BCUT2D eigenvalue weighted by molar-refractivity contribution is -0.115. The molecule has 2 heterocycles. The molecule has 1 amide bonds. The highest BCUT2D eigenvalue weighted by molar-refractivity contribution is 6.31. The third kappa shape index (κ3) is 4.45. The second-order valence-corrected chi connectivity index (χ2v) is 7.91. The number of hydrogen-bond donors (Lipinski definition) is 1. The highest BCUT2D eigenvalue weighted by Crippen LogP contribution is 2.20. The summed E-state index contributed by atoms with van der Waals surface area (Å²) in [6.45, 7) is 3.94. The maximum Gasteiger partial charge on any atom is 0.252 e. The van der Waals surface area contributed by atoms with Crippen molar-refractivity contribution in [1.29, 1.82) is 0 Å². The highest BCUT2D eigenvalue weighted by Gasteiger charge is 2.16. The third-order valence-electron chi connectivity index (χ3n) is 4.81. The Kier molecular flexibility index (Phi) is 5.70. The van der Waals surface area contributed by atoms with Crippen LogP contribution in [0.3, 0.4) is 0 Å². The van der Waals surface area contributed by atoms with Gasteiger partial charge in [-0.05, 0) is 55.3 Å². The highest BCUT2D eigenvalue weighted by atomic mass is 35.5. The van der Waals surface area contributed by atoms with E-state index in [9.17, 15) is 4.79 Å². The molecule has 0 saturated carbocycles. The number of amides is 1. The minimum atomic E-state index is -0.219. The third-order valence-corrected chi connectivity index (χ3v) is 5.30. The number of fused-ring (bicyclic) bond motifs is 1. The summed E-state index contributed by atoms with van der Waals surface area (Å²) in [5.74, 6) is 0.674. The molecule has 0 saturated heterocycles. The van der Waals surface area contributed by atoms with E-state index >= 15 is 0 Å². The lowest BCUT2D eigenvalue weighted by Crippen LogP contribution is -2.15.